The molecular weight excluding hydrogens is 260 g/mol. The first-order valence-electron chi connectivity index (χ1n) is 4.52. The van der Waals surface area contributed by atoms with E-state index in [-0.39, 0.29) is 24.7 Å². The Hall–Kier alpha value is -1.23. The van der Waals surface area contributed by atoms with Crippen LogP contribution in [0, 0.1) is 6.92 Å². The maximum atomic E-state index is 11.4. The molecule has 1 fully saturated rings. The Morgan fingerprint density at radius 3 is 2.73 bits per heavy atom. The molecular formula is C10H9BrN2O2. The van der Waals surface area contributed by atoms with E-state index in [0.717, 1.165) is 10.2 Å². The van der Waals surface area contributed by atoms with Gasteiger partial charge in [-0.3, -0.25) is 14.6 Å². The first-order valence-corrected chi connectivity index (χ1v) is 5.31. The van der Waals surface area contributed by atoms with E-state index in [9.17, 15) is 9.59 Å². The van der Waals surface area contributed by atoms with Gasteiger partial charge in [-0.15, -0.1) is 0 Å². The Balaban J connectivity index is 2.34. The summed E-state index contributed by atoms with van der Waals surface area (Å²) < 4.78 is 0.840. The lowest BCUT2D eigenvalue weighted by atomic mass is 10.3. The van der Waals surface area contributed by atoms with E-state index in [1.54, 1.807) is 12.3 Å². The normalized spacial score (nSPS) is 16.3. The summed E-state index contributed by atoms with van der Waals surface area (Å²) in [6, 6.07) is 1.80. The number of nitrogens with zero attached hydrogens (tertiary/aromatic N) is 2. The molecule has 0 aliphatic carbocycles. The van der Waals surface area contributed by atoms with Gasteiger partial charge in [-0.25, -0.2) is 0 Å². The fourth-order valence-corrected chi connectivity index (χ4v) is 1.80. The van der Waals surface area contributed by atoms with Crippen LogP contribution in [0.2, 0.25) is 0 Å². The summed E-state index contributed by atoms with van der Waals surface area (Å²) in [4.78, 5) is 28.1. The smallest absolute Gasteiger partial charge is 0.234 e. The molecule has 15 heavy (non-hydrogen) atoms. The van der Waals surface area contributed by atoms with Gasteiger partial charge in [0.1, 0.15) is 0 Å². The number of anilines is 1. The number of rotatable bonds is 1. The van der Waals surface area contributed by atoms with Crippen molar-refractivity contribution in [3.05, 3.63) is 22.4 Å². The molecule has 78 valence electrons. The molecule has 2 rings (SSSR count). The van der Waals surface area contributed by atoms with Crippen LogP contribution in [0.3, 0.4) is 0 Å². The van der Waals surface area contributed by atoms with Crippen molar-refractivity contribution in [2.24, 2.45) is 0 Å². The average Bonchev–Trinajstić information content (AvgIpc) is 2.50. The van der Waals surface area contributed by atoms with Crippen LogP contribution in [0.1, 0.15) is 12.1 Å². The molecule has 1 aliphatic heterocycles. The highest BCUT2D eigenvalue weighted by Crippen LogP contribution is 2.24. The van der Waals surface area contributed by atoms with Crippen molar-refractivity contribution in [3.63, 3.8) is 0 Å². The zero-order valence-electron chi connectivity index (χ0n) is 8.16. The standard InChI is InChI=1S/C10H9BrN2O2/c1-6-9(11)2-7(4-12-6)13-5-8(14)3-10(13)15/h2,4H,3,5H2,1H3. The maximum absolute atomic E-state index is 11.4. The number of hydrogen-bond acceptors (Lipinski definition) is 3. The van der Waals surface area contributed by atoms with Gasteiger partial charge < -0.3 is 4.90 Å². The quantitative estimate of drug-likeness (QED) is 0.725. The number of halogens is 1. The van der Waals surface area contributed by atoms with Gasteiger partial charge in [0.15, 0.2) is 5.78 Å². The Bertz CT molecular complexity index is 445. The number of ketones is 1. The summed E-state index contributed by atoms with van der Waals surface area (Å²) in [6.07, 6.45) is 1.61. The number of hydrogen-bond donors (Lipinski definition) is 0. The van der Waals surface area contributed by atoms with Gasteiger partial charge in [0.25, 0.3) is 0 Å². The SMILES string of the molecule is Cc1ncc(N2CC(=O)CC2=O)cc1Br. The molecule has 5 heteroatoms. The lowest BCUT2D eigenvalue weighted by Crippen LogP contribution is -2.24. The lowest BCUT2D eigenvalue weighted by molar-refractivity contribution is -0.121. The van der Waals surface area contributed by atoms with Crippen molar-refractivity contribution < 1.29 is 9.59 Å². The molecule has 2 heterocycles. The van der Waals surface area contributed by atoms with Gasteiger partial charge in [-0.05, 0) is 28.9 Å². The molecule has 0 spiro atoms. The number of Topliss-reactive ketones (excluding diaryl/α,β-unsaturated/α-hetero) is 1. The Morgan fingerprint density at radius 2 is 2.20 bits per heavy atom. The fraction of sp³-hybridized carbons (Fsp3) is 0.300. The predicted octanol–water partition coefficient (Wildman–Crippen LogP) is 1.46. The van der Waals surface area contributed by atoms with Gasteiger partial charge in [-0.2, -0.15) is 0 Å². The van der Waals surface area contributed by atoms with E-state index in [1.807, 2.05) is 6.92 Å². The minimum Gasteiger partial charge on any atom is -0.303 e. The van der Waals surface area contributed by atoms with Crippen LogP contribution in [-0.2, 0) is 9.59 Å². The van der Waals surface area contributed by atoms with Crippen LogP contribution in [-0.4, -0.2) is 23.2 Å². The predicted molar refractivity (Wildman–Crippen MR) is 58.7 cm³/mol. The second-order valence-electron chi connectivity index (χ2n) is 3.46. The summed E-state index contributed by atoms with van der Waals surface area (Å²) in [7, 11) is 0. The monoisotopic (exact) mass is 268 g/mol. The highest BCUT2D eigenvalue weighted by atomic mass is 79.9. The third-order valence-corrected chi connectivity index (χ3v) is 3.11. The minimum atomic E-state index is -0.155. The maximum Gasteiger partial charge on any atom is 0.234 e. The first-order chi connectivity index (χ1) is 7.08. The number of aromatic nitrogens is 1. The number of amides is 1. The van der Waals surface area contributed by atoms with Crippen molar-refractivity contribution in [2.75, 3.05) is 11.4 Å². The van der Waals surface area contributed by atoms with Crippen molar-refractivity contribution in [3.8, 4) is 0 Å². The zero-order chi connectivity index (χ0) is 11.0. The summed E-state index contributed by atoms with van der Waals surface area (Å²) in [6.45, 7) is 2.03. The second kappa shape index (κ2) is 3.73. The third-order valence-electron chi connectivity index (χ3n) is 2.31. The van der Waals surface area contributed by atoms with Gasteiger partial charge in [0, 0.05) is 4.47 Å². The largest absolute Gasteiger partial charge is 0.303 e. The van der Waals surface area contributed by atoms with Gasteiger partial charge in [0.2, 0.25) is 5.91 Å². The van der Waals surface area contributed by atoms with E-state index in [1.165, 1.54) is 4.90 Å². The molecule has 1 amide bonds. The molecule has 1 saturated heterocycles. The average molecular weight is 269 g/mol. The van der Waals surface area contributed by atoms with E-state index >= 15 is 0 Å². The minimum absolute atomic E-state index is 0.00545. The number of aryl methyl sites for hydroxylation is 1. The molecule has 0 radical (unpaired) electrons. The molecule has 1 aromatic heterocycles. The number of pyridine rings is 1. The van der Waals surface area contributed by atoms with Crippen molar-refractivity contribution >= 4 is 33.3 Å². The van der Waals surface area contributed by atoms with Crippen molar-refractivity contribution in [2.45, 2.75) is 13.3 Å². The highest BCUT2D eigenvalue weighted by molar-refractivity contribution is 9.10. The molecule has 0 atom stereocenters. The number of carbonyl (C=O) groups is 2. The Morgan fingerprint density at radius 1 is 1.47 bits per heavy atom. The second-order valence-corrected chi connectivity index (χ2v) is 4.31. The Kier molecular flexibility index (Phi) is 2.56. The van der Waals surface area contributed by atoms with E-state index in [2.05, 4.69) is 20.9 Å². The molecule has 0 bridgehead atoms. The topological polar surface area (TPSA) is 50.3 Å². The fourth-order valence-electron chi connectivity index (χ4n) is 1.46. The molecule has 0 unspecified atom stereocenters. The van der Waals surface area contributed by atoms with Crippen LogP contribution < -0.4 is 4.90 Å². The van der Waals surface area contributed by atoms with Crippen LogP contribution in [0.25, 0.3) is 0 Å². The van der Waals surface area contributed by atoms with Gasteiger partial charge in [0.05, 0.1) is 30.5 Å². The molecule has 0 saturated carbocycles. The van der Waals surface area contributed by atoms with Gasteiger partial charge in [-0.1, -0.05) is 0 Å². The Labute approximate surface area is 95.4 Å². The highest BCUT2D eigenvalue weighted by Gasteiger charge is 2.28. The van der Waals surface area contributed by atoms with Crippen molar-refractivity contribution in [1.29, 1.82) is 0 Å². The lowest BCUT2D eigenvalue weighted by Gasteiger charge is -2.14. The van der Waals surface area contributed by atoms with Crippen LogP contribution >= 0.6 is 15.9 Å². The molecule has 4 nitrogen and oxygen atoms in total. The van der Waals surface area contributed by atoms with Crippen LogP contribution in [0.4, 0.5) is 5.69 Å². The summed E-state index contributed by atoms with van der Waals surface area (Å²) in [5.41, 5.74) is 1.53. The molecule has 1 aromatic rings. The molecule has 0 N–H and O–H groups in total. The van der Waals surface area contributed by atoms with Crippen LogP contribution in [0.5, 0.6) is 0 Å². The molecule has 0 aromatic carbocycles. The van der Waals surface area contributed by atoms with E-state index in [4.69, 9.17) is 0 Å². The summed E-state index contributed by atoms with van der Waals surface area (Å²) in [5, 5.41) is 0. The molecule has 1 aliphatic rings. The van der Waals surface area contributed by atoms with Crippen LogP contribution in [0.15, 0.2) is 16.7 Å². The third kappa shape index (κ3) is 1.92. The zero-order valence-corrected chi connectivity index (χ0v) is 9.74. The van der Waals surface area contributed by atoms with E-state index in [0.29, 0.717) is 5.69 Å². The summed E-state index contributed by atoms with van der Waals surface area (Å²) >= 11 is 3.34. The first kappa shape index (κ1) is 10.3. The summed E-state index contributed by atoms with van der Waals surface area (Å²) in [5.74, 6) is -0.200. The number of carbonyl (C=O) groups excluding carboxylic acids is 2. The van der Waals surface area contributed by atoms with E-state index < -0.39 is 0 Å². The van der Waals surface area contributed by atoms with Crippen molar-refractivity contribution in [1.82, 2.24) is 4.98 Å². The van der Waals surface area contributed by atoms with Gasteiger partial charge >= 0.3 is 0 Å².